The molecule has 2 aromatic heterocycles. The maximum atomic E-state index is 11.6. The minimum atomic E-state index is -0.432. The van der Waals surface area contributed by atoms with Crippen molar-refractivity contribution >= 4 is 34.9 Å². The lowest BCUT2D eigenvalue weighted by atomic mass is 10.4. The van der Waals surface area contributed by atoms with Crippen molar-refractivity contribution in [2.75, 3.05) is 5.75 Å². The molecule has 2 rings (SSSR count). The van der Waals surface area contributed by atoms with Gasteiger partial charge in [0.05, 0.1) is 10.6 Å². The van der Waals surface area contributed by atoms with Crippen LogP contribution in [0, 0.1) is 0 Å². The summed E-state index contributed by atoms with van der Waals surface area (Å²) in [7, 11) is 1.54. The molecule has 9 heteroatoms. The van der Waals surface area contributed by atoms with Crippen LogP contribution in [-0.4, -0.2) is 32.3 Å². The van der Waals surface area contributed by atoms with Gasteiger partial charge in [0.2, 0.25) is 5.91 Å². The Bertz CT molecular complexity index is 644. The van der Waals surface area contributed by atoms with Crippen molar-refractivity contribution in [3.63, 3.8) is 0 Å². The SMILES string of the molecule is Cn1c(SCC(=O)NC(=O)c2cccs2)n[nH]c1=O. The lowest BCUT2D eigenvalue weighted by Gasteiger charge is -2.01. The summed E-state index contributed by atoms with van der Waals surface area (Å²) in [5.41, 5.74) is -0.349. The number of hydrogen-bond donors (Lipinski definition) is 2. The smallest absolute Gasteiger partial charge is 0.291 e. The molecule has 2 N–H and O–H groups in total. The van der Waals surface area contributed by atoms with Crippen LogP contribution in [0.15, 0.2) is 27.5 Å². The Morgan fingerprint density at radius 3 is 2.95 bits per heavy atom. The molecule has 0 radical (unpaired) electrons. The van der Waals surface area contributed by atoms with Gasteiger partial charge in [0, 0.05) is 7.05 Å². The molecule has 0 atom stereocenters. The molecule has 0 fully saturated rings. The Morgan fingerprint density at radius 2 is 2.37 bits per heavy atom. The van der Waals surface area contributed by atoms with E-state index in [9.17, 15) is 14.4 Å². The van der Waals surface area contributed by atoms with Gasteiger partial charge in [0.1, 0.15) is 0 Å². The highest BCUT2D eigenvalue weighted by Crippen LogP contribution is 2.12. The quantitative estimate of drug-likeness (QED) is 0.787. The number of nitrogens with one attached hydrogen (secondary N) is 2. The number of thioether (sulfide) groups is 1. The van der Waals surface area contributed by atoms with Gasteiger partial charge in [-0.15, -0.1) is 16.4 Å². The summed E-state index contributed by atoms with van der Waals surface area (Å²) in [6.45, 7) is 0. The molecule has 7 nitrogen and oxygen atoms in total. The topological polar surface area (TPSA) is 96.8 Å². The van der Waals surface area contributed by atoms with Crippen LogP contribution in [0.4, 0.5) is 0 Å². The van der Waals surface area contributed by atoms with Crippen molar-refractivity contribution < 1.29 is 9.59 Å². The first-order valence-corrected chi connectivity index (χ1v) is 7.06. The Balaban J connectivity index is 1.87. The Morgan fingerprint density at radius 1 is 1.58 bits per heavy atom. The summed E-state index contributed by atoms with van der Waals surface area (Å²) in [5.74, 6) is -0.842. The monoisotopic (exact) mass is 298 g/mol. The number of imide groups is 1. The molecule has 0 spiro atoms. The molecular weight excluding hydrogens is 288 g/mol. The summed E-state index contributed by atoms with van der Waals surface area (Å²) in [6, 6.07) is 3.37. The first-order valence-electron chi connectivity index (χ1n) is 5.20. The molecule has 0 saturated carbocycles. The Labute approximate surface area is 116 Å². The molecule has 2 aromatic rings. The molecule has 0 saturated heterocycles. The number of rotatable bonds is 4. The van der Waals surface area contributed by atoms with E-state index in [1.807, 2.05) is 0 Å². The first kappa shape index (κ1) is 13.6. The number of thiophene rings is 1. The average Bonchev–Trinajstić information content (AvgIpc) is 3.00. The van der Waals surface area contributed by atoms with Crippen LogP contribution < -0.4 is 11.0 Å². The lowest BCUT2D eigenvalue weighted by molar-refractivity contribution is -0.117. The predicted octanol–water partition coefficient (Wildman–Crippen LogP) is 0.219. The number of carbonyl (C=O) groups is 2. The van der Waals surface area contributed by atoms with Gasteiger partial charge in [0.15, 0.2) is 5.16 Å². The summed E-state index contributed by atoms with van der Waals surface area (Å²) >= 11 is 2.33. The Kier molecular flexibility index (Phi) is 4.17. The van der Waals surface area contributed by atoms with Crippen molar-refractivity contribution in [3.05, 3.63) is 32.9 Å². The van der Waals surface area contributed by atoms with E-state index in [0.717, 1.165) is 11.8 Å². The zero-order chi connectivity index (χ0) is 13.8. The van der Waals surface area contributed by atoms with Gasteiger partial charge in [-0.05, 0) is 11.4 Å². The van der Waals surface area contributed by atoms with Crippen molar-refractivity contribution in [2.24, 2.45) is 7.05 Å². The second-order valence-electron chi connectivity index (χ2n) is 3.51. The maximum Gasteiger partial charge on any atom is 0.343 e. The average molecular weight is 298 g/mol. The molecule has 19 heavy (non-hydrogen) atoms. The van der Waals surface area contributed by atoms with Crippen molar-refractivity contribution in [3.8, 4) is 0 Å². The zero-order valence-electron chi connectivity index (χ0n) is 9.87. The number of hydrogen-bond acceptors (Lipinski definition) is 6. The van der Waals surface area contributed by atoms with Crippen LogP contribution in [0.25, 0.3) is 0 Å². The second kappa shape index (κ2) is 5.85. The molecule has 2 heterocycles. The molecule has 0 unspecified atom stereocenters. The molecule has 0 aromatic carbocycles. The Hall–Kier alpha value is -1.87. The fourth-order valence-corrected chi connectivity index (χ4v) is 2.56. The zero-order valence-corrected chi connectivity index (χ0v) is 11.5. The highest BCUT2D eigenvalue weighted by Gasteiger charge is 2.13. The molecular formula is C10H10N4O3S2. The molecule has 0 aliphatic carbocycles. The van der Waals surface area contributed by atoms with Gasteiger partial charge in [-0.25, -0.2) is 9.89 Å². The number of carbonyl (C=O) groups excluding carboxylic acids is 2. The van der Waals surface area contributed by atoms with Crippen LogP contribution >= 0.6 is 23.1 Å². The molecule has 0 bridgehead atoms. The highest BCUT2D eigenvalue weighted by atomic mass is 32.2. The van der Waals surface area contributed by atoms with E-state index in [-0.39, 0.29) is 11.4 Å². The number of H-pyrrole nitrogens is 1. The minimum Gasteiger partial charge on any atom is -0.291 e. The van der Waals surface area contributed by atoms with Crippen LogP contribution in [0.1, 0.15) is 9.67 Å². The van der Waals surface area contributed by atoms with E-state index < -0.39 is 11.8 Å². The van der Waals surface area contributed by atoms with E-state index in [1.54, 1.807) is 24.6 Å². The van der Waals surface area contributed by atoms with Gasteiger partial charge in [-0.2, -0.15) is 0 Å². The third-order valence-corrected chi connectivity index (χ3v) is 4.07. The van der Waals surface area contributed by atoms with E-state index in [2.05, 4.69) is 15.5 Å². The van der Waals surface area contributed by atoms with Crippen molar-refractivity contribution in [2.45, 2.75) is 5.16 Å². The third-order valence-electron chi connectivity index (χ3n) is 2.17. The molecule has 100 valence electrons. The van der Waals surface area contributed by atoms with E-state index in [4.69, 9.17) is 0 Å². The summed E-state index contributed by atoms with van der Waals surface area (Å²) < 4.78 is 1.29. The van der Waals surface area contributed by atoms with E-state index in [1.165, 1.54) is 15.9 Å². The van der Waals surface area contributed by atoms with E-state index in [0.29, 0.717) is 10.0 Å². The minimum absolute atomic E-state index is 0.00918. The normalized spacial score (nSPS) is 10.4. The van der Waals surface area contributed by atoms with Gasteiger partial charge < -0.3 is 0 Å². The molecule has 2 amide bonds. The summed E-state index contributed by atoms with van der Waals surface area (Å²) in [4.78, 5) is 34.7. The number of aromatic amines is 1. The largest absolute Gasteiger partial charge is 0.343 e. The van der Waals surface area contributed by atoms with Gasteiger partial charge in [-0.3, -0.25) is 19.5 Å². The third kappa shape index (κ3) is 3.32. The van der Waals surface area contributed by atoms with Gasteiger partial charge in [0.25, 0.3) is 5.91 Å². The summed E-state index contributed by atoms with van der Waals surface area (Å²) in [5, 5.41) is 10.4. The van der Waals surface area contributed by atoms with Crippen LogP contribution in [0.3, 0.4) is 0 Å². The number of nitrogens with zero attached hydrogens (tertiary/aromatic N) is 2. The van der Waals surface area contributed by atoms with Gasteiger partial charge >= 0.3 is 5.69 Å². The van der Waals surface area contributed by atoms with Crippen LogP contribution in [-0.2, 0) is 11.8 Å². The predicted molar refractivity (Wildman–Crippen MR) is 71.3 cm³/mol. The van der Waals surface area contributed by atoms with Crippen molar-refractivity contribution in [1.82, 2.24) is 20.1 Å². The maximum absolute atomic E-state index is 11.6. The molecule has 0 aliphatic heterocycles. The first-order chi connectivity index (χ1) is 9.08. The number of amides is 2. The molecule has 0 aliphatic rings. The summed E-state index contributed by atoms with van der Waals surface area (Å²) in [6.07, 6.45) is 0. The fraction of sp³-hybridized carbons (Fsp3) is 0.200. The van der Waals surface area contributed by atoms with Crippen molar-refractivity contribution in [1.29, 1.82) is 0 Å². The van der Waals surface area contributed by atoms with Crippen LogP contribution in [0.5, 0.6) is 0 Å². The number of aromatic nitrogens is 3. The fourth-order valence-electron chi connectivity index (χ4n) is 1.22. The van der Waals surface area contributed by atoms with E-state index >= 15 is 0 Å². The standard InChI is InChI=1S/C10H10N4O3S2/c1-14-9(17)12-13-10(14)19-5-7(15)11-8(16)6-3-2-4-18-6/h2-4H,5H2,1H3,(H,12,17)(H,11,15,16). The highest BCUT2D eigenvalue weighted by molar-refractivity contribution is 7.99. The second-order valence-corrected chi connectivity index (χ2v) is 5.40. The lowest BCUT2D eigenvalue weighted by Crippen LogP contribution is -2.31. The van der Waals surface area contributed by atoms with Gasteiger partial charge in [-0.1, -0.05) is 17.8 Å². The van der Waals surface area contributed by atoms with Crippen LogP contribution in [0.2, 0.25) is 0 Å².